The van der Waals surface area contributed by atoms with Gasteiger partial charge in [0, 0.05) is 16.7 Å². The molecule has 1 aromatic heterocycles. The highest BCUT2D eigenvalue weighted by Gasteiger charge is 2.13. The zero-order valence-electron chi connectivity index (χ0n) is 10.2. The molecule has 2 nitrogen and oxygen atoms in total. The van der Waals surface area contributed by atoms with Gasteiger partial charge >= 0.3 is 0 Å². The molecule has 17 heavy (non-hydrogen) atoms. The summed E-state index contributed by atoms with van der Waals surface area (Å²) < 4.78 is 0. The third-order valence-corrected chi connectivity index (χ3v) is 3.96. The molecule has 3 heteroatoms. The lowest BCUT2D eigenvalue weighted by molar-refractivity contribution is 0.478. The second kappa shape index (κ2) is 4.34. The number of benzene rings is 1. The van der Waals surface area contributed by atoms with Crippen LogP contribution in [0, 0.1) is 19.3 Å². The third-order valence-electron chi connectivity index (χ3n) is 2.94. The topological polar surface area (TPSA) is 44.1 Å². The monoisotopic (exact) mass is 245 g/mol. The number of aromatic hydroxyl groups is 1. The number of thiophene rings is 1. The molecule has 0 atom stereocenters. The van der Waals surface area contributed by atoms with Gasteiger partial charge in [0.1, 0.15) is 5.75 Å². The molecule has 0 amide bonds. The van der Waals surface area contributed by atoms with Crippen LogP contribution in [-0.4, -0.2) is 10.8 Å². The normalized spacial score (nSPS) is 10.5. The summed E-state index contributed by atoms with van der Waals surface area (Å²) in [5, 5.41) is 19.5. The van der Waals surface area contributed by atoms with E-state index >= 15 is 0 Å². The predicted octanol–water partition coefficient (Wildman–Crippen LogP) is 4.13. The molecular weight excluding hydrogens is 230 g/mol. The van der Waals surface area contributed by atoms with Crippen LogP contribution in [-0.2, 0) is 0 Å². The molecule has 1 heterocycles. The number of nitrogens with one attached hydrogen (secondary N) is 1. The van der Waals surface area contributed by atoms with Crippen molar-refractivity contribution in [1.82, 2.24) is 0 Å². The van der Waals surface area contributed by atoms with E-state index in [1.807, 2.05) is 11.4 Å². The van der Waals surface area contributed by atoms with E-state index in [0.29, 0.717) is 11.3 Å². The van der Waals surface area contributed by atoms with E-state index in [0.717, 1.165) is 10.4 Å². The average Bonchev–Trinajstić information content (AvgIpc) is 2.64. The van der Waals surface area contributed by atoms with Gasteiger partial charge in [-0.2, -0.15) is 0 Å². The Bertz CT molecular complexity index is 584. The Morgan fingerprint density at radius 3 is 2.47 bits per heavy atom. The van der Waals surface area contributed by atoms with E-state index in [-0.39, 0.29) is 5.75 Å². The first-order valence-electron chi connectivity index (χ1n) is 5.44. The first-order chi connectivity index (χ1) is 8.00. The quantitative estimate of drug-likeness (QED) is 0.768. The van der Waals surface area contributed by atoms with Crippen molar-refractivity contribution in [3.63, 3.8) is 0 Å². The third kappa shape index (κ3) is 2.11. The molecule has 0 radical (unpaired) electrons. The maximum absolute atomic E-state index is 10.1. The SMILES string of the molecule is CC(=N)c1csc(-c2ccc(C)c(C)c2)c1O. The van der Waals surface area contributed by atoms with E-state index in [4.69, 9.17) is 5.41 Å². The number of hydrogen-bond donors (Lipinski definition) is 2. The minimum Gasteiger partial charge on any atom is -0.506 e. The molecule has 0 aliphatic rings. The Hall–Kier alpha value is -1.61. The van der Waals surface area contributed by atoms with E-state index in [9.17, 15) is 5.11 Å². The molecule has 0 fully saturated rings. The zero-order valence-corrected chi connectivity index (χ0v) is 11.0. The largest absolute Gasteiger partial charge is 0.506 e. The van der Waals surface area contributed by atoms with E-state index in [1.54, 1.807) is 6.92 Å². The van der Waals surface area contributed by atoms with Gasteiger partial charge in [-0.3, -0.25) is 0 Å². The zero-order chi connectivity index (χ0) is 12.6. The summed E-state index contributed by atoms with van der Waals surface area (Å²) in [7, 11) is 0. The molecule has 88 valence electrons. The fourth-order valence-corrected chi connectivity index (χ4v) is 2.71. The van der Waals surface area contributed by atoms with Gasteiger partial charge in [0.25, 0.3) is 0 Å². The van der Waals surface area contributed by atoms with Crippen LogP contribution in [0.5, 0.6) is 5.75 Å². The van der Waals surface area contributed by atoms with Crippen LogP contribution < -0.4 is 0 Å². The Morgan fingerprint density at radius 1 is 1.24 bits per heavy atom. The standard InChI is InChI=1S/C14H15NOS/c1-8-4-5-11(6-9(8)2)14-13(16)12(7-17-14)10(3)15/h4-7,15-16H,1-3H3. The Morgan fingerprint density at radius 2 is 1.94 bits per heavy atom. The summed E-state index contributed by atoms with van der Waals surface area (Å²) in [6.45, 7) is 5.82. The van der Waals surface area contributed by atoms with Crippen molar-refractivity contribution in [2.24, 2.45) is 0 Å². The van der Waals surface area contributed by atoms with Gasteiger partial charge in [-0.25, -0.2) is 0 Å². The fourth-order valence-electron chi connectivity index (χ4n) is 1.71. The van der Waals surface area contributed by atoms with Gasteiger partial charge in [0.15, 0.2) is 0 Å². The lowest BCUT2D eigenvalue weighted by Gasteiger charge is -2.04. The highest BCUT2D eigenvalue weighted by Crippen LogP contribution is 2.38. The maximum Gasteiger partial charge on any atom is 0.143 e. The van der Waals surface area contributed by atoms with Gasteiger partial charge in [-0.05, 0) is 37.5 Å². The molecule has 0 aliphatic heterocycles. The second-order valence-electron chi connectivity index (χ2n) is 4.25. The van der Waals surface area contributed by atoms with Crippen molar-refractivity contribution >= 4 is 17.0 Å². The highest BCUT2D eigenvalue weighted by atomic mass is 32.1. The lowest BCUT2D eigenvalue weighted by Crippen LogP contribution is -1.88. The molecule has 2 aromatic rings. The van der Waals surface area contributed by atoms with Crippen LogP contribution >= 0.6 is 11.3 Å². The molecule has 2 N–H and O–H groups in total. The minimum atomic E-state index is 0.228. The van der Waals surface area contributed by atoms with Crippen LogP contribution in [0.4, 0.5) is 0 Å². The lowest BCUT2D eigenvalue weighted by atomic mass is 10.0. The molecule has 0 bridgehead atoms. The van der Waals surface area contributed by atoms with Crippen LogP contribution in [0.2, 0.25) is 0 Å². The molecule has 0 unspecified atom stereocenters. The van der Waals surface area contributed by atoms with Crippen molar-refractivity contribution in [2.45, 2.75) is 20.8 Å². The molecular formula is C14H15NOS. The Labute approximate surface area is 105 Å². The number of aryl methyl sites for hydroxylation is 2. The van der Waals surface area contributed by atoms with Crippen LogP contribution in [0.15, 0.2) is 23.6 Å². The Kier molecular flexibility index (Phi) is 3.03. The smallest absolute Gasteiger partial charge is 0.143 e. The van der Waals surface area contributed by atoms with Crippen molar-refractivity contribution in [1.29, 1.82) is 5.41 Å². The average molecular weight is 245 g/mol. The summed E-state index contributed by atoms with van der Waals surface area (Å²) >= 11 is 1.48. The van der Waals surface area contributed by atoms with Gasteiger partial charge in [-0.1, -0.05) is 18.2 Å². The predicted molar refractivity (Wildman–Crippen MR) is 73.4 cm³/mol. The highest BCUT2D eigenvalue weighted by molar-refractivity contribution is 7.14. The van der Waals surface area contributed by atoms with Crippen molar-refractivity contribution in [2.75, 3.05) is 0 Å². The summed E-state index contributed by atoms with van der Waals surface area (Å²) in [4.78, 5) is 0.842. The van der Waals surface area contributed by atoms with Gasteiger partial charge in [-0.15, -0.1) is 11.3 Å². The molecule has 0 spiro atoms. The molecule has 1 aromatic carbocycles. The maximum atomic E-state index is 10.1. The number of rotatable bonds is 2. The molecule has 2 rings (SSSR count). The van der Waals surface area contributed by atoms with Crippen LogP contribution in [0.3, 0.4) is 0 Å². The van der Waals surface area contributed by atoms with E-state index in [1.165, 1.54) is 22.5 Å². The van der Waals surface area contributed by atoms with Gasteiger partial charge < -0.3 is 10.5 Å². The van der Waals surface area contributed by atoms with Gasteiger partial charge in [0.05, 0.1) is 4.88 Å². The first kappa shape index (κ1) is 11.9. The van der Waals surface area contributed by atoms with E-state index < -0.39 is 0 Å². The second-order valence-corrected chi connectivity index (χ2v) is 5.13. The number of hydrogen-bond acceptors (Lipinski definition) is 3. The summed E-state index contributed by atoms with van der Waals surface area (Å²) in [6.07, 6.45) is 0. The fraction of sp³-hybridized carbons (Fsp3) is 0.214. The van der Waals surface area contributed by atoms with Crippen LogP contribution in [0.25, 0.3) is 10.4 Å². The first-order valence-corrected chi connectivity index (χ1v) is 6.32. The summed E-state index contributed by atoms with van der Waals surface area (Å²) in [6, 6.07) is 6.14. The minimum absolute atomic E-state index is 0.228. The molecule has 0 saturated carbocycles. The van der Waals surface area contributed by atoms with Crippen LogP contribution in [0.1, 0.15) is 23.6 Å². The van der Waals surface area contributed by atoms with Crippen molar-refractivity contribution < 1.29 is 5.11 Å². The van der Waals surface area contributed by atoms with E-state index in [2.05, 4.69) is 26.0 Å². The summed E-state index contributed by atoms with van der Waals surface area (Å²) in [5.74, 6) is 0.228. The molecule has 0 aliphatic carbocycles. The van der Waals surface area contributed by atoms with Gasteiger partial charge in [0.2, 0.25) is 0 Å². The van der Waals surface area contributed by atoms with Crippen molar-refractivity contribution in [3.05, 3.63) is 40.3 Å². The molecule has 0 saturated heterocycles. The summed E-state index contributed by atoms with van der Waals surface area (Å²) in [5.41, 5.74) is 4.50. The Balaban J connectivity index is 2.53. The van der Waals surface area contributed by atoms with Crippen molar-refractivity contribution in [3.8, 4) is 16.2 Å².